The number of halogens is 1. The van der Waals surface area contributed by atoms with Crippen LogP contribution in [0.5, 0.6) is 0 Å². The molecule has 1 amide bonds. The zero-order chi connectivity index (χ0) is 19.1. The number of amides is 1. The number of carbonyl (C=O) groups excluding carboxylic acids is 1. The van der Waals surface area contributed by atoms with Gasteiger partial charge in [0.25, 0.3) is 0 Å². The lowest BCUT2D eigenvalue weighted by Crippen LogP contribution is -2.48. The van der Waals surface area contributed by atoms with E-state index >= 15 is 0 Å². The molecule has 3 rings (SSSR count). The molecule has 27 heavy (non-hydrogen) atoms. The lowest BCUT2D eigenvalue weighted by molar-refractivity contribution is -0.117. The Kier molecular flexibility index (Phi) is 6.99. The second-order valence-electron chi connectivity index (χ2n) is 6.23. The summed E-state index contributed by atoms with van der Waals surface area (Å²) in [5.74, 6) is 0.328. The number of hydrogen-bond donors (Lipinski definition) is 1. The zero-order valence-electron chi connectivity index (χ0n) is 14.9. The second-order valence-corrected chi connectivity index (χ2v) is 7.69. The summed E-state index contributed by atoms with van der Waals surface area (Å²) in [4.78, 5) is 17.8. The molecule has 0 unspecified atom stereocenters. The largest absolute Gasteiger partial charge is 0.369 e. The smallest absolute Gasteiger partial charge is 0.238 e. The third-order valence-electron chi connectivity index (χ3n) is 4.37. The molecule has 1 aliphatic heterocycles. The van der Waals surface area contributed by atoms with Gasteiger partial charge >= 0.3 is 0 Å². The van der Waals surface area contributed by atoms with E-state index in [-0.39, 0.29) is 5.91 Å². The Morgan fingerprint density at radius 1 is 1.15 bits per heavy atom. The topological polar surface area (TPSA) is 59.4 Å². The normalized spacial score (nSPS) is 14.6. The number of piperazine rings is 1. The van der Waals surface area contributed by atoms with Gasteiger partial charge in [-0.25, -0.2) is 0 Å². The first-order chi connectivity index (χ1) is 13.2. The zero-order valence-corrected chi connectivity index (χ0v) is 16.5. The molecule has 1 aliphatic rings. The highest BCUT2D eigenvalue weighted by molar-refractivity contribution is 7.99. The Hall–Kier alpha value is -2.20. The van der Waals surface area contributed by atoms with Crippen LogP contribution >= 0.6 is 23.4 Å². The highest BCUT2D eigenvalue weighted by atomic mass is 35.5. The molecule has 0 saturated carbocycles. The summed E-state index contributed by atoms with van der Waals surface area (Å²) >= 11 is 7.50. The number of nitriles is 1. The molecule has 140 valence electrons. The number of benzene rings is 2. The van der Waals surface area contributed by atoms with Gasteiger partial charge in [0.05, 0.1) is 24.1 Å². The van der Waals surface area contributed by atoms with Gasteiger partial charge in [0, 0.05) is 41.8 Å². The molecule has 1 fully saturated rings. The summed E-state index contributed by atoms with van der Waals surface area (Å²) in [6.07, 6.45) is 0. The maximum absolute atomic E-state index is 12.4. The summed E-state index contributed by atoms with van der Waals surface area (Å²) in [5.41, 5.74) is 1.88. The second kappa shape index (κ2) is 9.65. The van der Waals surface area contributed by atoms with Crippen LogP contribution in [0.3, 0.4) is 0 Å². The van der Waals surface area contributed by atoms with Gasteiger partial charge < -0.3 is 10.2 Å². The Balaban J connectivity index is 1.51. The lowest BCUT2D eigenvalue weighted by atomic mass is 10.2. The Labute approximate surface area is 168 Å². The minimum atomic E-state index is -0.0313. The van der Waals surface area contributed by atoms with Crippen LogP contribution in [0.4, 0.5) is 11.4 Å². The van der Waals surface area contributed by atoms with Crippen LogP contribution < -0.4 is 10.2 Å². The fourth-order valence-corrected chi connectivity index (χ4v) is 3.89. The Morgan fingerprint density at radius 2 is 1.93 bits per heavy atom. The standard InChI is InChI=1S/C20H21ClN4OS/c21-16-4-3-5-17(14-16)25-11-9-24(10-12-25)15-20(26)23-18-6-1-2-7-19(18)27-13-8-22/h1-7,14H,9-13,15H2,(H,23,26). The van der Waals surface area contributed by atoms with E-state index in [9.17, 15) is 4.79 Å². The Morgan fingerprint density at radius 3 is 2.67 bits per heavy atom. The molecule has 0 bridgehead atoms. The molecule has 5 nitrogen and oxygen atoms in total. The van der Waals surface area contributed by atoms with Crippen molar-refractivity contribution in [3.63, 3.8) is 0 Å². The number of nitrogens with zero attached hydrogens (tertiary/aromatic N) is 3. The summed E-state index contributed by atoms with van der Waals surface area (Å²) in [6.45, 7) is 3.74. The van der Waals surface area contributed by atoms with Gasteiger partial charge in [0.1, 0.15) is 0 Å². The monoisotopic (exact) mass is 400 g/mol. The molecule has 1 heterocycles. The fourth-order valence-electron chi connectivity index (χ4n) is 3.04. The number of hydrogen-bond acceptors (Lipinski definition) is 5. The quantitative estimate of drug-likeness (QED) is 0.749. The van der Waals surface area contributed by atoms with Crippen molar-refractivity contribution in [3.05, 3.63) is 53.6 Å². The van der Waals surface area contributed by atoms with E-state index in [1.54, 1.807) is 0 Å². The molecular formula is C20H21ClN4OS. The van der Waals surface area contributed by atoms with Crippen molar-refractivity contribution in [2.45, 2.75) is 4.90 Å². The molecule has 0 spiro atoms. The van der Waals surface area contributed by atoms with Crippen molar-refractivity contribution in [1.82, 2.24) is 4.90 Å². The molecule has 1 N–H and O–H groups in total. The first-order valence-electron chi connectivity index (χ1n) is 8.77. The minimum absolute atomic E-state index is 0.0313. The molecule has 0 radical (unpaired) electrons. The molecule has 7 heteroatoms. The predicted molar refractivity (Wildman–Crippen MR) is 112 cm³/mol. The maximum atomic E-state index is 12.4. The van der Waals surface area contributed by atoms with Crippen molar-refractivity contribution in [2.75, 3.05) is 48.7 Å². The van der Waals surface area contributed by atoms with E-state index in [2.05, 4.69) is 27.3 Å². The van der Waals surface area contributed by atoms with Crippen molar-refractivity contribution in [3.8, 4) is 6.07 Å². The van der Waals surface area contributed by atoms with Crippen LogP contribution in [0.2, 0.25) is 5.02 Å². The third-order valence-corrected chi connectivity index (χ3v) is 5.54. The molecule has 1 saturated heterocycles. The van der Waals surface area contributed by atoms with E-state index in [0.29, 0.717) is 12.3 Å². The van der Waals surface area contributed by atoms with Gasteiger partial charge in [-0.05, 0) is 30.3 Å². The average Bonchev–Trinajstić information content (AvgIpc) is 2.68. The highest BCUT2D eigenvalue weighted by Crippen LogP contribution is 2.26. The molecule has 0 atom stereocenters. The fraction of sp³-hybridized carbons (Fsp3) is 0.300. The molecule has 2 aromatic carbocycles. The molecule has 2 aromatic rings. The van der Waals surface area contributed by atoms with Gasteiger partial charge in [0.15, 0.2) is 0 Å². The predicted octanol–water partition coefficient (Wildman–Crippen LogP) is 3.72. The van der Waals surface area contributed by atoms with E-state index in [4.69, 9.17) is 16.9 Å². The van der Waals surface area contributed by atoms with Crippen LogP contribution in [0, 0.1) is 11.3 Å². The van der Waals surface area contributed by atoms with E-state index in [1.807, 2.05) is 42.5 Å². The van der Waals surface area contributed by atoms with Crippen LogP contribution in [-0.2, 0) is 4.79 Å². The van der Waals surface area contributed by atoms with E-state index < -0.39 is 0 Å². The van der Waals surface area contributed by atoms with Crippen LogP contribution in [0.25, 0.3) is 0 Å². The van der Waals surface area contributed by atoms with Crippen molar-refractivity contribution < 1.29 is 4.79 Å². The number of para-hydroxylation sites is 1. The summed E-state index contributed by atoms with van der Waals surface area (Å²) in [7, 11) is 0. The minimum Gasteiger partial charge on any atom is -0.369 e. The summed E-state index contributed by atoms with van der Waals surface area (Å²) in [5, 5.41) is 12.5. The number of rotatable bonds is 6. The third kappa shape index (κ3) is 5.64. The van der Waals surface area contributed by atoms with Gasteiger partial charge in [-0.1, -0.05) is 29.8 Å². The van der Waals surface area contributed by atoms with Crippen molar-refractivity contribution in [1.29, 1.82) is 5.26 Å². The van der Waals surface area contributed by atoms with Gasteiger partial charge in [-0.15, -0.1) is 11.8 Å². The molecular weight excluding hydrogens is 380 g/mol. The number of carbonyl (C=O) groups is 1. The van der Waals surface area contributed by atoms with Crippen LogP contribution in [0.15, 0.2) is 53.4 Å². The van der Waals surface area contributed by atoms with Crippen LogP contribution in [-0.4, -0.2) is 49.3 Å². The number of anilines is 2. The van der Waals surface area contributed by atoms with Crippen LogP contribution in [0.1, 0.15) is 0 Å². The first-order valence-corrected chi connectivity index (χ1v) is 10.1. The van der Waals surface area contributed by atoms with Crippen molar-refractivity contribution in [2.24, 2.45) is 0 Å². The first kappa shape index (κ1) is 19.6. The SMILES string of the molecule is N#CCSc1ccccc1NC(=O)CN1CCN(c2cccc(Cl)c2)CC1. The Bertz CT molecular complexity index is 831. The maximum Gasteiger partial charge on any atom is 0.238 e. The van der Waals surface area contributed by atoms with Gasteiger partial charge in [-0.3, -0.25) is 9.69 Å². The lowest BCUT2D eigenvalue weighted by Gasteiger charge is -2.35. The number of nitrogens with one attached hydrogen (secondary N) is 1. The van der Waals surface area contributed by atoms with Gasteiger partial charge in [-0.2, -0.15) is 5.26 Å². The average molecular weight is 401 g/mol. The van der Waals surface area contributed by atoms with Crippen molar-refractivity contribution >= 4 is 40.6 Å². The number of thioether (sulfide) groups is 1. The van der Waals surface area contributed by atoms with E-state index in [1.165, 1.54) is 11.8 Å². The summed E-state index contributed by atoms with van der Waals surface area (Å²) in [6, 6.07) is 17.6. The van der Waals surface area contributed by atoms with E-state index in [0.717, 1.165) is 47.5 Å². The molecule has 0 aromatic heterocycles. The molecule has 0 aliphatic carbocycles. The summed E-state index contributed by atoms with van der Waals surface area (Å²) < 4.78 is 0. The van der Waals surface area contributed by atoms with Gasteiger partial charge in [0.2, 0.25) is 5.91 Å². The highest BCUT2D eigenvalue weighted by Gasteiger charge is 2.19.